The van der Waals surface area contributed by atoms with Crippen LogP contribution in [0.15, 0.2) is 18.2 Å². The van der Waals surface area contributed by atoms with E-state index in [0.717, 1.165) is 31.2 Å². The Bertz CT molecular complexity index is 434. The Morgan fingerprint density at radius 3 is 2.83 bits per heavy atom. The van der Waals surface area contributed by atoms with Gasteiger partial charge in [-0.3, -0.25) is 4.90 Å². The lowest BCUT2D eigenvalue weighted by atomic mass is 10.2. The van der Waals surface area contributed by atoms with E-state index in [1.807, 2.05) is 6.07 Å². The zero-order chi connectivity index (χ0) is 12.5. The van der Waals surface area contributed by atoms with Crippen molar-refractivity contribution in [2.75, 3.05) is 13.1 Å². The fourth-order valence-electron chi connectivity index (χ4n) is 2.59. The van der Waals surface area contributed by atoms with Gasteiger partial charge >= 0.3 is 0 Å². The molecular weight excluding hydrogens is 251 g/mol. The second-order valence-electron chi connectivity index (χ2n) is 5.41. The Labute approximate surface area is 112 Å². The summed E-state index contributed by atoms with van der Waals surface area (Å²) >= 11 is 5.80. The maximum Gasteiger partial charge on any atom is 0.141 e. The van der Waals surface area contributed by atoms with Gasteiger partial charge in [0.1, 0.15) is 5.82 Å². The molecule has 0 radical (unpaired) electrons. The summed E-state index contributed by atoms with van der Waals surface area (Å²) in [5.74, 6) is -0.338. The molecule has 1 aliphatic carbocycles. The Morgan fingerprint density at radius 1 is 1.28 bits per heavy atom. The molecule has 0 spiro atoms. The van der Waals surface area contributed by atoms with Gasteiger partial charge in [0.15, 0.2) is 0 Å². The Hall–Kier alpha value is -0.640. The molecule has 1 aromatic rings. The normalized spacial score (nSPS) is 24.7. The highest BCUT2D eigenvalue weighted by Crippen LogP contribution is 2.23. The predicted octanol–water partition coefficient (Wildman–Crippen LogP) is 2.81. The van der Waals surface area contributed by atoms with Gasteiger partial charge in [-0.15, -0.1) is 0 Å². The number of halogens is 2. The molecular formula is C14H18ClFN2. The largest absolute Gasteiger partial charge is 0.310 e. The first kappa shape index (κ1) is 12.4. The highest BCUT2D eigenvalue weighted by atomic mass is 35.5. The van der Waals surface area contributed by atoms with Crippen LogP contribution in [-0.4, -0.2) is 30.1 Å². The first-order valence-corrected chi connectivity index (χ1v) is 7.01. The van der Waals surface area contributed by atoms with E-state index in [-0.39, 0.29) is 10.8 Å². The molecule has 1 atom stereocenters. The molecule has 0 aromatic heterocycles. The first-order chi connectivity index (χ1) is 8.70. The summed E-state index contributed by atoms with van der Waals surface area (Å²) in [6, 6.07) is 6.42. The van der Waals surface area contributed by atoms with Crippen LogP contribution in [0, 0.1) is 5.82 Å². The molecule has 4 heteroatoms. The maximum atomic E-state index is 13.1. The first-order valence-electron chi connectivity index (χ1n) is 6.63. The van der Waals surface area contributed by atoms with Crippen molar-refractivity contribution in [3.8, 4) is 0 Å². The van der Waals surface area contributed by atoms with Gasteiger partial charge < -0.3 is 5.32 Å². The van der Waals surface area contributed by atoms with Crippen molar-refractivity contribution in [2.45, 2.75) is 37.9 Å². The van der Waals surface area contributed by atoms with Crippen LogP contribution < -0.4 is 5.32 Å². The molecule has 1 heterocycles. The Balaban J connectivity index is 1.54. The van der Waals surface area contributed by atoms with E-state index in [1.165, 1.54) is 25.3 Å². The third-order valence-electron chi connectivity index (χ3n) is 3.71. The van der Waals surface area contributed by atoms with E-state index >= 15 is 0 Å². The SMILES string of the molecule is Fc1ccc(CN2CCC(NC3CC3)C2)cc1Cl. The molecule has 18 heavy (non-hydrogen) atoms. The van der Waals surface area contributed by atoms with Crippen molar-refractivity contribution >= 4 is 11.6 Å². The van der Waals surface area contributed by atoms with E-state index in [1.54, 1.807) is 6.07 Å². The summed E-state index contributed by atoms with van der Waals surface area (Å²) in [4.78, 5) is 2.41. The van der Waals surface area contributed by atoms with Crippen molar-refractivity contribution in [2.24, 2.45) is 0 Å². The Morgan fingerprint density at radius 2 is 2.11 bits per heavy atom. The van der Waals surface area contributed by atoms with E-state index < -0.39 is 0 Å². The predicted molar refractivity (Wildman–Crippen MR) is 71.2 cm³/mol. The molecule has 1 unspecified atom stereocenters. The maximum absolute atomic E-state index is 13.1. The molecule has 1 saturated heterocycles. The van der Waals surface area contributed by atoms with Crippen LogP contribution in [0.1, 0.15) is 24.8 Å². The van der Waals surface area contributed by atoms with Crippen LogP contribution in [-0.2, 0) is 6.54 Å². The lowest BCUT2D eigenvalue weighted by Crippen LogP contribution is -2.33. The summed E-state index contributed by atoms with van der Waals surface area (Å²) in [5.41, 5.74) is 1.09. The molecule has 1 N–H and O–H groups in total. The number of nitrogens with one attached hydrogen (secondary N) is 1. The zero-order valence-corrected chi connectivity index (χ0v) is 11.1. The fraction of sp³-hybridized carbons (Fsp3) is 0.571. The molecule has 98 valence electrons. The van der Waals surface area contributed by atoms with Crippen molar-refractivity contribution in [1.29, 1.82) is 0 Å². The smallest absolute Gasteiger partial charge is 0.141 e. The minimum Gasteiger partial charge on any atom is -0.310 e. The molecule has 1 aliphatic heterocycles. The van der Waals surface area contributed by atoms with Gasteiger partial charge in [-0.25, -0.2) is 4.39 Å². The zero-order valence-electron chi connectivity index (χ0n) is 10.3. The molecule has 0 amide bonds. The van der Waals surface area contributed by atoms with Crippen LogP contribution in [0.2, 0.25) is 5.02 Å². The third-order valence-corrected chi connectivity index (χ3v) is 4.00. The van der Waals surface area contributed by atoms with Crippen molar-refractivity contribution in [3.05, 3.63) is 34.6 Å². The summed E-state index contributed by atoms with van der Waals surface area (Å²) in [7, 11) is 0. The second kappa shape index (κ2) is 5.16. The van der Waals surface area contributed by atoms with E-state index in [2.05, 4.69) is 10.2 Å². The Kier molecular flexibility index (Phi) is 3.55. The van der Waals surface area contributed by atoms with E-state index in [4.69, 9.17) is 11.6 Å². The van der Waals surface area contributed by atoms with Gasteiger partial charge in [0.2, 0.25) is 0 Å². The summed E-state index contributed by atoms with van der Waals surface area (Å²) in [6.07, 6.45) is 3.89. The number of benzene rings is 1. The third kappa shape index (κ3) is 3.02. The van der Waals surface area contributed by atoms with Crippen molar-refractivity contribution in [3.63, 3.8) is 0 Å². The number of likely N-dealkylation sites (tertiary alicyclic amines) is 1. The molecule has 2 nitrogen and oxygen atoms in total. The minimum absolute atomic E-state index is 0.222. The van der Waals surface area contributed by atoms with E-state index in [0.29, 0.717) is 6.04 Å². The number of nitrogens with zero attached hydrogens (tertiary/aromatic N) is 1. The monoisotopic (exact) mass is 268 g/mol. The van der Waals surface area contributed by atoms with Crippen LogP contribution in [0.4, 0.5) is 4.39 Å². The van der Waals surface area contributed by atoms with Gasteiger partial charge in [-0.1, -0.05) is 17.7 Å². The van der Waals surface area contributed by atoms with Gasteiger partial charge in [0, 0.05) is 31.7 Å². The number of rotatable bonds is 4. The van der Waals surface area contributed by atoms with Crippen molar-refractivity contribution < 1.29 is 4.39 Å². The fourth-order valence-corrected chi connectivity index (χ4v) is 2.79. The van der Waals surface area contributed by atoms with Gasteiger partial charge in [0.25, 0.3) is 0 Å². The van der Waals surface area contributed by atoms with Gasteiger partial charge in [-0.2, -0.15) is 0 Å². The molecule has 2 fully saturated rings. The van der Waals surface area contributed by atoms with Gasteiger partial charge in [-0.05, 0) is 37.0 Å². The molecule has 1 aromatic carbocycles. The van der Waals surface area contributed by atoms with Crippen LogP contribution >= 0.6 is 11.6 Å². The highest BCUT2D eigenvalue weighted by Gasteiger charge is 2.29. The molecule has 3 rings (SSSR count). The average Bonchev–Trinajstić information content (AvgIpc) is 3.04. The quantitative estimate of drug-likeness (QED) is 0.903. The second-order valence-corrected chi connectivity index (χ2v) is 5.82. The van der Waals surface area contributed by atoms with Crippen LogP contribution in [0.5, 0.6) is 0 Å². The highest BCUT2D eigenvalue weighted by molar-refractivity contribution is 6.30. The number of hydrogen-bond acceptors (Lipinski definition) is 2. The minimum atomic E-state index is -0.338. The van der Waals surface area contributed by atoms with Crippen LogP contribution in [0.3, 0.4) is 0 Å². The van der Waals surface area contributed by atoms with Crippen LogP contribution in [0.25, 0.3) is 0 Å². The lowest BCUT2D eigenvalue weighted by molar-refractivity contribution is 0.319. The lowest BCUT2D eigenvalue weighted by Gasteiger charge is -2.17. The summed E-state index contributed by atoms with van der Waals surface area (Å²) in [6.45, 7) is 3.06. The molecule has 2 aliphatic rings. The summed E-state index contributed by atoms with van der Waals surface area (Å²) < 4.78 is 13.1. The van der Waals surface area contributed by atoms with Gasteiger partial charge in [0.05, 0.1) is 5.02 Å². The van der Waals surface area contributed by atoms with E-state index in [9.17, 15) is 4.39 Å². The van der Waals surface area contributed by atoms with Crippen molar-refractivity contribution in [1.82, 2.24) is 10.2 Å². The topological polar surface area (TPSA) is 15.3 Å². The summed E-state index contributed by atoms with van der Waals surface area (Å²) in [5, 5.41) is 3.88. The standard InChI is InChI=1S/C14H18ClFN2/c15-13-7-10(1-4-14(13)16)8-18-6-5-12(9-18)17-11-2-3-11/h1,4,7,11-12,17H,2-3,5-6,8-9H2. The number of hydrogen-bond donors (Lipinski definition) is 1. The molecule has 0 bridgehead atoms. The average molecular weight is 269 g/mol. The molecule has 1 saturated carbocycles.